The number of hydrogen-bond acceptors (Lipinski definition) is 6. The van der Waals surface area contributed by atoms with Crippen molar-refractivity contribution in [2.24, 2.45) is 0 Å². The summed E-state index contributed by atoms with van der Waals surface area (Å²) in [6.07, 6.45) is 4.13. The third kappa shape index (κ3) is 4.05. The van der Waals surface area contributed by atoms with Crippen molar-refractivity contribution >= 4 is 26.6 Å². The minimum absolute atomic E-state index is 0.00685. The summed E-state index contributed by atoms with van der Waals surface area (Å²) in [5.74, 6) is 0.510. The Hall–Kier alpha value is -2.84. The molecule has 0 radical (unpaired) electrons. The van der Waals surface area contributed by atoms with Gasteiger partial charge in [0.25, 0.3) is 5.91 Å². The number of piperazine rings is 1. The normalized spacial score (nSPS) is 21.4. The fourth-order valence-electron chi connectivity index (χ4n) is 4.55. The third-order valence-corrected chi connectivity index (χ3v) is 8.00. The predicted octanol–water partition coefficient (Wildman–Crippen LogP) is 2.24. The number of rotatable bonds is 3. The molecule has 1 amide bonds. The Kier molecular flexibility index (Phi) is 5.19. The van der Waals surface area contributed by atoms with E-state index in [1.807, 2.05) is 47.4 Å². The van der Waals surface area contributed by atoms with E-state index in [4.69, 9.17) is 4.98 Å². The van der Waals surface area contributed by atoms with Gasteiger partial charge in [0.15, 0.2) is 9.84 Å². The summed E-state index contributed by atoms with van der Waals surface area (Å²) in [6, 6.07) is 13.4. The Morgan fingerprint density at radius 2 is 1.74 bits per heavy atom. The molecule has 0 aliphatic carbocycles. The fourth-order valence-corrected chi connectivity index (χ4v) is 6.31. The molecule has 3 aromatic rings. The molecular formula is C23H24N4O3S. The molecule has 0 bridgehead atoms. The van der Waals surface area contributed by atoms with Crippen molar-refractivity contribution in [3.05, 3.63) is 60.4 Å². The summed E-state index contributed by atoms with van der Waals surface area (Å²) in [5, 5.41) is 0.842. The molecule has 2 aromatic heterocycles. The average molecular weight is 437 g/mol. The molecule has 2 saturated heterocycles. The van der Waals surface area contributed by atoms with E-state index >= 15 is 0 Å². The summed E-state index contributed by atoms with van der Waals surface area (Å²) >= 11 is 0. The lowest BCUT2D eigenvalue weighted by molar-refractivity contribution is 0.0589. The molecule has 7 nitrogen and oxygen atoms in total. The summed E-state index contributed by atoms with van der Waals surface area (Å²) in [7, 11) is -2.91. The Balaban J connectivity index is 1.40. The number of fused-ring (bicyclic) bond motifs is 1. The van der Waals surface area contributed by atoms with Crippen LogP contribution >= 0.6 is 0 Å². The first kappa shape index (κ1) is 20.1. The SMILES string of the molecule is O=C(c1cc(-c2ccncc2)nc2ccccc12)N1CCN(C2CCS(=O)(=O)C2)CC1. The van der Waals surface area contributed by atoms with Gasteiger partial charge in [-0.05, 0) is 30.7 Å². The van der Waals surface area contributed by atoms with Crippen LogP contribution in [0.15, 0.2) is 54.9 Å². The number of nitrogens with zero attached hydrogens (tertiary/aromatic N) is 4. The number of sulfone groups is 1. The molecule has 1 aromatic carbocycles. The van der Waals surface area contributed by atoms with Gasteiger partial charge in [0.1, 0.15) is 0 Å². The topological polar surface area (TPSA) is 83.5 Å². The second-order valence-electron chi connectivity index (χ2n) is 8.19. The van der Waals surface area contributed by atoms with E-state index in [0.717, 1.165) is 22.2 Å². The molecule has 1 atom stereocenters. The highest BCUT2D eigenvalue weighted by molar-refractivity contribution is 7.91. The minimum Gasteiger partial charge on any atom is -0.336 e. The molecule has 0 saturated carbocycles. The van der Waals surface area contributed by atoms with Crippen LogP contribution in [0, 0.1) is 0 Å². The first-order chi connectivity index (χ1) is 15.0. The lowest BCUT2D eigenvalue weighted by atomic mass is 10.0. The van der Waals surface area contributed by atoms with Crippen LogP contribution in [-0.4, -0.2) is 77.8 Å². The second-order valence-corrected chi connectivity index (χ2v) is 10.4. The highest BCUT2D eigenvalue weighted by Crippen LogP contribution is 2.26. The summed E-state index contributed by atoms with van der Waals surface area (Å²) in [4.78, 5) is 26.4. The zero-order valence-corrected chi connectivity index (χ0v) is 18.0. The van der Waals surface area contributed by atoms with E-state index in [0.29, 0.717) is 38.2 Å². The molecular weight excluding hydrogens is 412 g/mol. The number of para-hydroxylation sites is 1. The zero-order chi connectivity index (χ0) is 21.4. The number of carbonyl (C=O) groups is 1. The molecule has 2 aliphatic heterocycles. The van der Waals surface area contributed by atoms with E-state index in [1.54, 1.807) is 12.4 Å². The molecule has 0 spiro atoms. The molecule has 5 rings (SSSR count). The number of pyridine rings is 2. The second kappa shape index (κ2) is 8.01. The Labute approximate surface area is 181 Å². The van der Waals surface area contributed by atoms with Crippen LogP contribution in [0.2, 0.25) is 0 Å². The molecule has 2 fully saturated rings. The van der Waals surface area contributed by atoms with Gasteiger partial charge in [-0.15, -0.1) is 0 Å². The van der Waals surface area contributed by atoms with Crippen LogP contribution in [-0.2, 0) is 9.84 Å². The Morgan fingerprint density at radius 1 is 1.00 bits per heavy atom. The van der Waals surface area contributed by atoms with Crippen LogP contribution < -0.4 is 0 Å². The maximum Gasteiger partial charge on any atom is 0.254 e. The van der Waals surface area contributed by atoms with Gasteiger partial charge in [-0.3, -0.25) is 14.7 Å². The van der Waals surface area contributed by atoms with Gasteiger partial charge in [-0.1, -0.05) is 18.2 Å². The van der Waals surface area contributed by atoms with Gasteiger partial charge in [0, 0.05) is 55.6 Å². The van der Waals surface area contributed by atoms with Crippen LogP contribution in [0.4, 0.5) is 0 Å². The smallest absolute Gasteiger partial charge is 0.254 e. The quantitative estimate of drug-likeness (QED) is 0.626. The number of carbonyl (C=O) groups excluding carboxylic acids is 1. The summed E-state index contributed by atoms with van der Waals surface area (Å²) in [5.41, 5.74) is 3.10. The van der Waals surface area contributed by atoms with E-state index in [1.165, 1.54) is 0 Å². The Morgan fingerprint density at radius 3 is 2.45 bits per heavy atom. The standard InChI is InChI=1S/C23H24N4O3S/c28-23(27-12-10-26(11-13-27)18-7-14-31(29,30)16-18)20-15-22(17-5-8-24-9-6-17)25-21-4-2-1-3-19(20)21/h1-6,8-9,15,18H,7,10-14,16H2. The van der Waals surface area contributed by atoms with Crippen molar-refractivity contribution in [2.75, 3.05) is 37.7 Å². The van der Waals surface area contributed by atoms with Crippen molar-refractivity contribution in [3.8, 4) is 11.3 Å². The molecule has 2 aliphatic rings. The third-order valence-electron chi connectivity index (χ3n) is 6.25. The van der Waals surface area contributed by atoms with Crippen LogP contribution in [0.3, 0.4) is 0 Å². The van der Waals surface area contributed by atoms with Crippen molar-refractivity contribution in [1.82, 2.24) is 19.8 Å². The van der Waals surface area contributed by atoms with Crippen molar-refractivity contribution in [2.45, 2.75) is 12.5 Å². The predicted molar refractivity (Wildman–Crippen MR) is 120 cm³/mol. The summed E-state index contributed by atoms with van der Waals surface area (Å²) in [6.45, 7) is 2.59. The van der Waals surface area contributed by atoms with Crippen LogP contribution in [0.25, 0.3) is 22.2 Å². The van der Waals surface area contributed by atoms with Crippen molar-refractivity contribution in [1.29, 1.82) is 0 Å². The summed E-state index contributed by atoms with van der Waals surface area (Å²) < 4.78 is 23.6. The maximum atomic E-state index is 13.5. The van der Waals surface area contributed by atoms with Crippen LogP contribution in [0.5, 0.6) is 0 Å². The lowest BCUT2D eigenvalue weighted by Gasteiger charge is -2.37. The molecule has 0 N–H and O–H groups in total. The van der Waals surface area contributed by atoms with Crippen molar-refractivity contribution in [3.63, 3.8) is 0 Å². The van der Waals surface area contributed by atoms with Gasteiger partial charge in [-0.2, -0.15) is 0 Å². The monoisotopic (exact) mass is 436 g/mol. The minimum atomic E-state index is -2.91. The van der Waals surface area contributed by atoms with Gasteiger partial charge < -0.3 is 4.90 Å². The fraction of sp³-hybridized carbons (Fsp3) is 0.348. The number of amides is 1. The average Bonchev–Trinajstić information content (AvgIpc) is 3.18. The van der Waals surface area contributed by atoms with E-state index < -0.39 is 9.84 Å². The molecule has 1 unspecified atom stereocenters. The zero-order valence-electron chi connectivity index (χ0n) is 17.1. The highest BCUT2D eigenvalue weighted by atomic mass is 32.2. The van der Waals surface area contributed by atoms with Gasteiger partial charge in [0.05, 0.1) is 28.3 Å². The number of benzene rings is 1. The van der Waals surface area contributed by atoms with E-state index in [-0.39, 0.29) is 23.5 Å². The number of aromatic nitrogens is 2. The maximum absolute atomic E-state index is 13.5. The number of hydrogen-bond donors (Lipinski definition) is 0. The van der Waals surface area contributed by atoms with E-state index in [2.05, 4.69) is 9.88 Å². The first-order valence-electron chi connectivity index (χ1n) is 10.5. The lowest BCUT2D eigenvalue weighted by Crippen LogP contribution is -2.52. The van der Waals surface area contributed by atoms with Gasteiger partial charge >= 0.3 is 0 Å². The molecule has 8 heteroatoms. The first-order valence-corrected chi connectivity index (χ1v) is 12.4. The van der Waals surface area contributed by atoms with Gasteiger partial charge in [0.2, 0.25) is 0 Å². The van der Waals surface area contributed by atoms with Crippen molar-refractivity contribution < 1.29 is 13.2 Å². The molecule has 31 heavy (non-hydrogen) atoms. The van der Waals surface area contributed by atoms with E-state index in [9.17, 15) is 13.2 Å². The largest absolute Gasteiger partial charge is 0.336 e. The molecule has 4 heterocycles. The highest BCUT2D eigenvalue weighted by Gasteiger charge is 2.34. The van der Waals surface area contributed by atoms with Gasteiger partial charge in [-0.25, -0.2) is 13.4 Å². The Bertz CT molecular complexity index is 1220. The molecule has 160 valence electrons. The van der Waals surface area contributed by atoms with Crippen LogP contribution in [0.1, 0.15) is 16.8 Å².